The number of nitrogens with one attached hydrogen (secondary N) is 2. The summed E-state index contributed by atoms with van der Waals surface area (Å²) in [6.07, 6.45) is -0.606. The first-order valence-corrected chi connectivity index (χ1v) is 7.31. The SMILES string of the molecule is Cc1ccccc1[C@@H]1NC(=O)NC2=C1C(=O)N(C[C@H](C)O)C2. The number of aliphatic hydroxyl groups excluding tert-OH is 1. The summed E-state index contributed by atoms with van der Waals surface area (Å²) >= 11 is 0. The quantitative estimate of drug-likeness (QED) is 0.773. The van der Waals surface area contributed by atoms with Gasteiger partial charge in [-0.3, -0.25) is 4.79 Å². The zero-order valence-electron chi connectivity index (χ0n) is 12.6. The molecule has 1 aromatic rings. The Bertz CT molecular complexity index is 666. The molecular weight excluding hydrogens is 282 g/mol. The molecule has 1 aromatic carbocycles. The van der Waals surface area contributed by atoms with Crippen molar-refractivity contribution in [2.24, 2.45) is 0 Å². The number of β-amino-alcohol motifs (C(OH)–C–C–N with tert-alkyl or cyclic N) is 1. The Hall–Kier alpha value is -2.34. The van der Waals surface area contributed by atoms with Gasteiger partial charge in [-0.15, -0.1) is 0 Å². The molecule has 2 aliphatic heterocycles. The Morgan fingerprint density at radius 3 is 2.77 bits per heavy atom. The van der Waals surface area contributed by atoms with E-state index >= 15 is 0 Å². The van der Waals surface area contributed by atoms with Crippen LogP contribution >= 0.6 is 0 Å². The highest BCUT2D eigenvalue weighted by Crippen LogP contribution is 2.33. The van der Waals surface area contributed by atoms with Gasteiger partial charge in [-0.05, 0) is 25.0 Å². The van der Waals surface area contributed by atoms with Crippen LogP contribution in [0.25, 0.3) is 0 Å². The molecular formula is C16H19N3O3. The fraction of sp³-hybridized carbons (Fsp3) is 0.375. The van der Waals surface area contributed by atoms with E-state index in [-0.39, 0.29) is 18.5 Å². The normalized spacial score (nSPS) is 22.3. The van der Waals surface area contributed by atoms with E-state index in [0.717, 1.165) is 11.1 Å². The largest absolute Gasteiger partial charge is 0.392 e. The second kappa shape index (κ2) is 5.46. The summed E-state index contributed by atoms with van der Waals surface area (Å²) in [6.45, 7) is 4.17. The van der Waals surface area contributed by atoms with Gasteiger partial charge in [0.25, 0.3) is 5.91 Å². The molecule has 116 valence electrons. The monoisotopic (exact) mass is 301 g/mol. The van der Waals surface area contributed by atoms with E-state index < -0.39 is 12.1 Å². The average Bonchev–Trinajstić information content (AvgIpc) is 2.74. The van der Waals surface area contributed by atoms with E-state index in [2.05, 4.69) is 10.6 Å². The number of carbonyl (C=O) groups excluding carboxylic acids is 2. The minimum Gasteiger partial charge on any atom is -0.392 e. The minimum absolute atomic E-state index is 0.142. The highest BCUT2D eigenvalue weighted by atomic mass is 16.3. The summed E-state index contributed by atoms with van der Waals surface area (Å²) in [7, 11) is 0. The first-order valence-electron chi connectivity index (χ1n) is 7.31. The van der Waals surface area contributed by atoms with Gasteiger partial charge in [0, 0.05) is 6.54 Å². The molecule has 6 heteroatoms. The second-order valence-electron chi connectivity index (χ2n) is 5.81. The highest BCUT2D eigenvalue weighted by Gasteiger charge is 2.40. The number of hydrogen-bond donors (Lipinski definition) is 3. The molecule has 0 saturated heterocycles. The van der Waals surface area contributed by atoms with Crippen LogP contribution in [0.5, 0.6) is 0 Å². The molecule has 3 rings (SSSR count). The van der Waals surface area contributed by atoms with Crippen molar-refractivity contribution >= 4 is 11.9 Å². The molecule has 3 N–H and O–H groups in total. The first kappa shape index (κ1) is 14.6. The standard InChI is InChI=1S/C16H19N3O3/c1-9-5-3-4-6-11(9)14-13-12(17-16(22)18-14)8-19(15(13)21)7-10(2)20/h3-6,10,14,20H,7-8H2,1-2H3,(H2,17,18,22)/t10-,14-/m0/s1. The van der Waals surface area contributed by atoms with Gasteiger partial charge in [0.2, 0.25) is 0 Å². The van der Waals surface area contributed by atoms with Gasteiger partial charge in [0.15, 0.2) is 0 Å². The van der Waals surface area contributed by atoms with Crippen LogP contribution < -0.4 is 10.6 Å². The van der Waals surface area contributed by atoms with Crippen molar-refractivity contribution in [1.29, 1.82) is 0 Å². The van der Waals surface area contributed by atoms with Crippen LogP contribution in [0.15, 0.2) is 35.5 Å². The zero-order valence-corrected chi connectivity index (χ0v) is 12.6. The van der Waals surface area contributed by atoms with E-state index in [1.165, 1.54) is 0 Å². The second-order valence-corrected chi connectivity index (χ2v) is 5.81. The number of nitrogens with zero attached hydrogens (tertiary/aromatic N) is 1. The molecule has 0 aromatic heterocycles. The fourth-order valence-corrected chi connectivity index (χ4v) is 3.04. The first-order chi connectivity index (χ1) is 10.5. The lowest BCUT2D eigenvalue weighted by molar-refractivity contribution is -0.126. The molecule has 0 fully saturated rings. The number of urea groups is 1. The van der Waals surface area contributed by atoms with Crippen molar-refractivity contribution in [1.82, 2.24) is 15.5 Å². The van der Waals surface area contributed by atoms with Crippen LogP contribution in [0.3, 0.4) is 0 Å². The van der Waals surface area contributed by atoms with Gasteiger partial charge in [-0.25, -0.2) is 4.79 Å². The average molecular weight is 301 g/mol. The molecule has 0 saturated carbocycles. The lowest BCUT2D eigenvalue weighted by Crippen LogP contribution is -2.44. The van der Waals surface area contributed by atoms with Gasteiger partial charge in [-0.2, -0.15) is 0 Å². The van der Waals surface area contributed by atoms with Crippen LogP contribution in [0, 0.1) is 6.92 Å². The van der Waals surface area contributed by atoms with Gasteiger partial charge < -0.3 is 20.6 Å². The van der Waals surface area contributed by atoms with Crippen LogP contribution in [-0.4, -0.2) is 41.1 Å². The van der Waals surface area contributed by atoms with Gasteiger partial charge in [0.05, 0.1) is 30.0 Å². The number of rotatable bonds is 3. The van der Waals surface area contributed by atoms with Gasteiger partial charge in [-0.1, -0.05) is 24.3 Å². The minimum atomic E-state index is -0.606. The van der Waals surface area contributed by atoms with E-state index in [0.29, 0.717) is 17.8 Å². The van der Waals surface area contributed by atoms with Crippen LogP contribution in [0.1, 0.15) is 24.1 Å². The Morgan fingerprint density at radius 2 is 2.09 bits per heavy atom. The number of aliphatic hydroxyl groups is 1. The van der Waals surface area contributed by atoms with Gasteiger partial charge >= 0.3 is 6.03 Å². The Kier molecular flexibility index (Phi) is 3.62. The molecule has 22 heavy (non-hydrogen) atoms. The van der Waals surface area contributed by atoms with Crippen molar-refractivity contribution < 1.29 is 14.7 Å². The lowest BCUT2D eigenvalue weighted by atomic mass is 9.93. The molecule has 0 spiro atoms. The topological polar surface area (TPSA) is 81.7 Å². The molecule has 0 unspecified atom stereocenters. The zero-order chi connectivity index (χ0) is 15.9. The van der Waals surface area contributed by atoms with E-state index in [1.54, 1.807) is 11.8 Å². The van der Waals surface area contributed by atoms with Crippen molar-refractivity contribution in [3.63, 3.8) is 0 Å². The summed E-state index contributed by atoms with van der Waals surface area (Å²) in [5.41, 5.74) is 3.12. The number of amides is 3. The molecule has 6 nitrogen and oxygen atoms in total. The Balaban J connectivity index is 1.98. The van der Waals surface area contributed by atoms with Crippen LogP contribution in [0.2, 0.25) is 0 Å². The Labute approximate surface area is 128 Å². The van der Waals surface area contributed by atoms with Crippen LogP contribution in [-0.2, 0) is 4.79 Å². The third-order valence-corrected chi connectivity index (χ3v) is 4.00. The van der Waals surface area contributed by atoms with Crippen molar-refractivity contribution in [2.45, 2.75) is 26.0 Å². The predicted octanol–water partition coefficient (Wildman–Crippen LogP) is 0.826. The predicted molar refractivity (Wildman–Crippen MR) is 80.9 cm³/mol. The number of hydrogen-bond acceptors (Lipinski definition) is 3. The maximum Gasteiger partial charge on any atom is 0.319 e. The van der Waals surface area contributed by atoms with Gasteiger partial charge in [0.1, 0.15) is 0 Å². The van der Waals surface area contributed by atoms with Crippen molar-refractivity contribution in [3.8, 4) is 0 Å². The lowest BCUT2D eigenvalue weighted by Gasteiger charge is -2.26. The van der Waals surface area contributed by atoms with E-state index in [4.69, 9.17) is 0 Å². The molecule has 2 atom stereocenters. The smallest absolute Gasteiger partial charge is 0.319 e. The Morgan fingerprint density at radius 1 is 1.36 bits per heavy atom. The van der Waals surface area contributed by atoms with Crippen molar-refractivity contribution in [2.75, 3.05) is 13.1 Å². The molecule has 3 amide bonds. The summed E-state index contributed by atoms with van der Waals surface area (Å²) in [6, 6.07) is 6.93. The summed E-state index contributed by atoms with van der Waals surface area (Å²) in [5, 5.41) is 15.1. The summed E-state index contributed by atoms with van der Waals surface area (Å²) < 4.78 is 0. The third kappa shape index (κ3) is 2.46. The van der Waals surface area contributed by atoms with Crippen molar-refractivity contribution in [3.05, 3.63) is 46.7 Å². The summed E-state index contributed by atoms with van der Waals surface area (Å²) in [4.78, 5) is 26.1. The maximum absolute atomic E-state index is 12.6. The molecule has 0 bridgehead atoms. The molecule has 2 heterocycles. The number of carbonyl (C=O) groups is 2. The maximum atomic E-state index is 12.6. The molecule has 0 aliphatic carbocycles. The third-order valence-electron chi connectivity index (χ3n) is 4.00. The van der Waals surface area contributed by atoms with E-state index in [9.17, 15) is 14.7 Å². The van der Waals surface area contributed by atoms with E-state index in [1.807, 2.05) is 31.2 Å². The number of aryl methyl sites for hydroxylation is 1. The summed E-state index contributed by atoms with van der Waals surface area (Å²) in [5.74, 6) is -0.142. The fourth-order valence-electron chi connectivity index (χ4n) is 3.04. The molecule has 2 aliphatic rings. The highest BCUT2D eigenvalue weighted by molar-refractivity contribution is 6.01. The number of benzene rings is 1. The van der Waals surface area contributed by atoms with Crippen LogP contribution in [0.4, 0.5) is 4.79 Å². The molecule has 0 radical (unpaired) electrons.